The molecule has 0 aliphatic heterocycles. The van der Waals surface area contributed by atoms with Gasteiger partial charge in [0.15, 0.2) is 0 Å². The number of alkyl halides is 2. The number of aliphatic hydroxyl groups excluding tert-OH is 3. The molecule has 0 radical (unpaired) electrons. The smallest absolute Gasteiger partial charge is 0.303 e. The van der Waals surface area contributed by atoms with Crippen LogP contribution in [0, 0.1) is 11.8 Å². The Labute approximate surface area is 160 Å². The molecule has 5 unspecified atom stereocenters. The molecule has 1 aliphatic carbocycles. The molecule has 1 saturated carbocycles. The van der Waals surface area contributed by atoms with Gasteiger partial charge in [-0.1, -0.05) is 25.5 Å². The summed E-state index contributed by atoms with van der Waals surface area (Å²) in [7, 11) is 0. The number of unbranched alkanes of at least 4 members (excludes halogenated alkanes) is 2. The molecular weight excluding hydrogens is 358 g/mol. The van der Waals surface area contributed by atoms with E-state index >= 15 is 0 Å². The zero-order chi connectivity index (χ0) is 20.4. The molecule has 158 valence electrons. The molecule has 0 aromatic rings. The van der Waals surface area contributed by atoms with E-state index in [0.29, 0.717) is 32.1 Å². The Hall–Kier alpha value is -1.05. The SMILES string of the molecule is CCCCC(F)(F)C(O)CCC1C(O)CC(O)C1CC=CCCCC(=O)O. The van der Waals surface area contributed by atoms with Crippen LogP contribution in [0.5, 0.6) is 0 Å². The first-order chi connectivity index (χ1) is 12.7. The van der Waals surface area contributed by atoms with Crippen LogP contribution in [0.3, 0.4) is 0 Å². The lowest BCUT2D eigenvalue weighted by Crippen LogP contribution is -2.34. The van der Waals surface area contributed by atoms with Crippen molar-refractivity contribution in [3.05, 3.63) is 12.2 Å². The van der Waals surface area contributed by atoms with E-state index in [1.807, 2.05) is 19.1 Å². The maximum Gasteiger partial charge on any atom is 0.303 e. The Kier molecular flexibility index (Phi) is 10.4. The Bertz CT molecular complexity index is 469. The predicted octanol–water partition coefficient (Wildman–Crippen LogP) is 3.51. The van der Waals surface area contributed by atoms with Gasteiger partial charge in [0.05, 0.1) is 12.2 Å². The van der Waals surface area contributed by atoms with Crippen LogP contribution in [-0.4, -0.2) is 50.6 Å². The lowest BCUT2D eigenvalue weighted by atomic mass is 9.85. The molecule has 7 heteroatoms. The third-order valence-electron chi connectivity index (χ3n) is 5.48. The van der Waals surface area contributed by atoms with Crippen molar-refractivity contribution < 1.29 is 34.0 Å². The second-order valence-corrected chi connectivity index (χ2v) is 7.65. The minimum atomic E-state index is -3.13. The summed E-state index contributed by atoms with van der Waals surface area (Å²) in [5.74, 6) is -4.54. The maximum absolute atomic E-state index is 13.9. The first-order valence-electron chi connectivity index (χ1n) is 9.97. The summed E-state index contributed by atoms with van der Waals surface area (Å²) < 4.78 is 27.8. The molecule has 5 atom stereocenters. The van der Waals surface area contributed by atoms with Crippen molar-refractivity contribution in [1.29, 1.82) is 0 Å². The molecule has 1 fully saturated rings. The van der Waals surface area contributed by atoms with Gasteiger partial charge in [0.25, 0.3) is 5.92 Å². The summed E-state index contributed by atoms with van der Waals surface area (Å²) in [6.07, 6.45) is 3.24. The van der Waals surface area contributed by atoms with E-state index in [9.17, 15) is 28.9 Å². The zero-order valence-electron chi connectivity index (χ0n) is 16.1. The van der Waals surface area contributed by atoms with E-state index in [1.165, 1.54) is 0 Å². The number of halogens is 2. The summed E-state index contributed by atoms with van der Waals surface area (Å²) >= 11 is 0. The van der Waals surface area contributed by atoms with Gasteiger partial charge in [-0.3, -0.25) is 4.79 Å². The van der Waals surface area contributed by atoms with Gasteiger partial charge in [-0.05, 0) is 56.8 Å². The van der Waals surface area contributed by atoms with Gasteiger partial charge >= 0.3 is 5.97 Å². The van der Waals surface area contributed by atoms with E-state index in [2.05, 4.69) is 0 Å². The van der Waals surface area contributed by atoms with Gasteiger partial charge in [-0.15, -0.1) is 0 Å². The summed E-state index contributed by atoms with van der Waals surface area (Å²) in [4.78, 5) is 10.5. The van der Waals surface area contributed by atoms with E-state index < -0.39 is 30.2 Å². The molecule has 0 heterocycles. The average Bonchev–Trinajstić information content (AvgIpc) is 2.86. The van der Waals surface area contributed by atoms with Crippen molar-refractivity contribution in [2.24, 2.45) is 11.8 Å². The van der Waals surface area contributed by atoms with E-state index in [0.717, 1.165) is 0 Å². The summed E-state index contributed by atoms with van der Waals surface area (Å²) in [6.45, 7) is 1.82. The number of hydrogen-bond acceptors (Lipinski definition) is 4. The molecule has 0 aromatic carbocycles. The number of aliphatic hydroxyl groups is 3. The normalized spacial score (nSPS) is 27.3. The Morgan fingerprint density at radius 2 is 1.85 bits per heavy atom. The number of carboxylic acids is 1. The molecule has 0 bridgehead atoms. The molecular formula is C20H34F2O5. The Balaban J connectivity index is 2.50. The fourth-order valence-corrected chi connectivity index (χ4v) is 3.79. The lowest BCUT2D eigenvalue weighted by molar-refractivity contribution is -0.137. The average molecular weight is 392 g/mol. The molecule has 0 aromatic heterocycles. The van der Waals surface area contributed by atoms with Crippen LogP contribution in [0.25, 0.3) is 0 Å². The van der Waals surface area contributed by atoms with Crippen molar-refractivity contribution in [1.82, 2.24) is 0 Å². The van der Waals surface area contributed by atoms with Crippen LogP contribution in [-0.2, 0) is 4.79 Å². The summed E-state index contributed by atoms with van der Waals surface area (Å²) in [6, 6.07) is 0. The highest BCUT2D eigenvalue weighted by molar-refractivity contribution is 5.66. The first-order valence-corrected chi connectivity index (χ1v) is 9.97. The number of aliphatic carboxylic acids is 1. The number of hydrogen-bond donors (Lipinski definition) is 4. The number of carboxylic acid groups (broad SMARTS) is 1. The van der Waals surface area contributed by atoms with Crippen molar-refractivity contribution >= 4 is 5.97 Å². The van der Waals surface area contributed by atoms with Gasteiger partial charge < -0.3 is 20.4 Å². The lowest BCUT2D eigenvalue weighted by Gasteiger charge is -2.27. The largest absolute Gasteiger partial charge is 0.481 e. The third kappa shape index (κ3) is 8.23. The standard InChI is InChI=1S/C20H34F2O5/c1-2-3-12-20(21,22)18(25)11-10-15-14(16(23)13-17(15)24)8-6-4-5-7-9-19(26)27/h4,6,14-18,23-25H,2-3,5,7-13H2,1H3,(H,26,27). The highest BCUT2D eigenvalue weighted by Crippen LogP contribution is 2.39. The van der Waals surface area contributed by atoms with Crippen molar-refractivity contribution in [2.75, 3.05) is 0 Å². The third-order valence-corrected chi connectivity index (χ3v) is 5.48. The second-order valence-electron chi connectivity index (χ2n) is 7.65. The number of carbonyl (C=O) groups is 1. The van der Waals surface area contributed by atoms with Crippen LogP contribution in [0.4, 0.5) is 8.78 Å². The van der Waals surface area contributed by atoms with Gasteiger partial charge in [0.1, 0.15) is 6.10 Å². The second kappa shape index (κ2) is 11.7. The van der Waals surface area contributed by atoms with Gasteiger partial charge in [-0.2, -0.15) is 0 Å². The monoisotopic (exact) mass is 392 g/mol. The fourth-order valence-electron chi connectivity index (χ4n) is 3.79. The molecule has 4 N–H and O–H groups in total. The molecule has 0 amide bonds. The zero-order valence-corrected chi connectivity index (χ0v) is 16.1. The van der Waals surface area contributed by atoms with Crippen LogP contribution < -0.4 is 0 Å². The predicted molar refractivity (Wildman–Crippen MR) is 98.6 cm³/mol. The van der Waals surface area contributed by atoms with Crippen LogP contribution in [0.1, 0.15) is 71.1 Å². The van der Waals surface area contributed by atoms with Gasteiger partial charge in [0, 0.05) is 12.8 Å². The topological polar surface area (TPSA) is 98.0 Å². The highest BCUT2D eigenvalue weighted by Gasteiger charge is 2.43. The molecule has 1 aliphatic rings. The Morgan fingerprint density at radius 1 is 1.19 bits per heavy atom. The molecule has 5 nitrogen and oxygen atoms in total. The Morgan fingerprint density at radius 3 is 2.48 bits per heavy atom. The highest BCUT2D eigenvalue weighted by atomic mass is 19.3. The van der Waals surface area contributed by atoms with Gasteiger partial charge in [0.2, 0.25) is 0 Å². The molecule has 0 saturated heterocycles. The van der Waals surface area contributed by atoms with Crippen LogP contribution >= 0.6 is 0 Å². The first kappa shape index (κ1) is 24.0. The van der Waals surface area contributed by atoms with E-state index in [4.69, 9.17) is 5.11 Å². The fraction of sp³-hybridized carbons (Fsp3) is 0.850. The van der Waals surface area contributed by atoms with Crippen molar-refractivity contribution in [2.45, 2.75) is 95.4 Å². The van der Waals surface area contributed by atoms with Crippen LogP contribution in [0.2, 0.25) is 0 Å². The van der Waals surface area contributed by atoms with Crippen molar-refractivity contribution in [3.63, 3.8) is 0 Å². The summed E-state index contributed by atoms with van der Waals surface area (Å²) in [5, 5.41) is 38.8. The van der Waals surface area contributed by atoms with Crippen molar-refractivity contribution in [3.8, 4) is 0 Å². The molecule has 1 rings (SSSR count). The van der Waals surface area contributed by atoms with Gasteiger partial charge in [-0.25, -0.2) is 8.78 Å². The molecule has 27 heavy (non-hydrogen) atoms. The number of rotatable bonds is 13. The van der Waals surface area contributed by atoms with E-state index in [1.54, 1.807) is 0 Å². The molecule has 0 spiro atoms. The van der Waals surface area contributed by atoms with E-state index in [-0.39, 0.29) is 43.9 Å². The number of allylic oxidation sites excluding steroid dienone is 2. The minimum absolute atomic E-state index is 0.0991. The summed E-state index contributed by atoms with van der Waals surface area (Å²) in [5.41, 5.74) is 0. The van der Waals surface area contributed by atoms with Crippen LogP contribution in [0.15, 0.2) is 12.2 Å². The maximum atomic E-state index is 13.9. The quantitative estimate of drug-likeness (QED) is 0.284. The minimum Gasteiger partial charge on any atom is -0.481 e.